The van der Waals surface area contributed by atoms with Crippen molar-refractivity contribution in [1.82, 2.24) is 20.1 Å². The Morgan fingerprint density at radius 3 is 2.67 bits per heavy atom. The van der Waals surface area contributed by atoms with Crippen LogP contribution < -0.4 is 5.32 Å². The average Bonchev–Trinajstić information content (AvgIpc) is 2.75. The number of aryl methyl sites for hydroxylation is 1. The lowest BCUT2D eigenvalue weighted by molar-refractivity contribution is -0.121. The maximum absolute atomic E-state index is 12.4. The molecule has 0 fully saturated rings. The smallest absolute Gasteiger partial charge is 0.224 e. The summed E-state index contributed by atoms with van der Waals surface area (Å²) in [7, 11) is 0. The molecule has 1 amide bonds. The Hall–Kier alpha value is -2.17. The van der Waals surface area contributed by atoms with Crippen LogP contribution in [-0.2, 0) is 24.2 Å². The van der Waals surface area contributed by atoms with E-state index in [-0.39, 0.29) is 11.9 Å². The van der Waals surface area contributed by atoms with Crippen LogP contribution in [0.2, 0.25) is 0 Å². The van der Waals surface area contributed by atoms with Gasteiger partial charge in [-0.15, -0.1) is 0 Å². The van der Waals surface area contributed by atoms with Gasteiger partial charge in [0.25, 0.3) is 0 Å². The molecule has 1 atom stereocenters. The van der Waals surface area contributed by atoms with Crippen molar-refractivity contribution in [3.8, 4) is 0 Å². The fraction of sp³-hybridized carbons (Fsp3) is 0.526. The molecule has 0 spiro atoms. The van der Waals surface area contributed by atoms with E-state index < -0.39 is 0 Å². The second-order valence-corrected chi connectivity index (χ2v) is 6.94. The highest BCUT2D eigenvalue weighted by molar-refractivity contribution is 5.79. The van der Waals surface area contributed by atoms with Crippen LogP contribution in [0.4, 0.5) is 0 Å². The van der Waals surface area contributed by atoms with Gasteiger partial charge in [-0.05, 0) is 44.7 Å². The predicted octanol–water partition coefficient (Wildman–Crippen LogP) is 2.84. The quantitative estimate of drug-likeness (QED) is 0.850. The molecule has 5 heteroatoms. The molecular formula is C19H28N4O. The van der Waals surface area contributed by atoms with Gasteiger partial charge in [-0.3, -0.25) is 14.5 Å². The number of hydrogen-bond donors (Lipinski definition) is 1. The lowest BCUT2D eigenvalue weighted by atomic mass is 10.1. The topological polar surface area (TPSA) is 59.8 Å². The van der Waals surface area contributed by atoms with Crippen molar-refractivity contribution < 1.29 is 4.79 Å². The molecule has 0 aliphatic heterocycles. The Labute approximate surface area is 144 Å². The van der Waals surface area contributed by atoms with E-state index in [9.17, 15) is 4.79 Å². The van der Waals surface area contributed by atoms with Crippen LogP contribution in [0.1, 0.15) is 43.3 Å². The average molecular weight is 328 g/mol. The van der Waals surface area contributed by atoms with Crippen molar-refractivity contribution in [2.24, 2.45) is 5.92 Å². The predicted molar refractivity (Wildman–Crippen MR) is 95.8 cm³/mol. The third kappa shape index (κ3) is 4.91. The molecule has 130 valence electrons. The molecule has 2 aromatic rings. The number of rotatable bonds is 7. The second kappa shape index (κ2) is 8.08. The molecule has 0 radical (unpaired) electrons. The molecule has 0 aromatic carbocycles. The van der Waals surface area contributed by atoms with E-state index in [0.29, 0.717) is 12.3 Å². The molecule has 5 nitrogen and oxygen atoms in total. The first-order chi connectivity index (χ1) is 11.4. The van der Waals surface area contributed by atoms with Crippen LogP contribution in [0, 0.1) is 19.8 Å². The van der Waals surface area contributed by atoms with E-state index in [1.165, 1.54) is 0 Å². The Morgan fingerprint density at radius 2 is 2.04 bits per heavy atom. The summed E-state index contributed by atoms with van der Waals surface area (Å²) in [6, 6.07) is 4.02. The third-order valence-electron chi connectivity index (χ3n) is 4.08. The summed E-state index contributed by atoms with van der Waals surface area (Å²) in [6.45, 7) is 11.3. The molecule has 0 saturated carbocycles. The van der Waals surface area contributed by atoms with Gasteiger partial charge in [-0.1, -0.05) is 19.9 Å². The van der Waals surface area contributed by atoms with E-state index in [4.69, 9.17) is 0 Å². The molecule has 0 bridgehead atoms. The number of pyridine rings is 1. The Morgan fingerprint density at radius 1 is 1.29 bits per heavy atom. The summed E-state index contributed by atoms with van der Waals surface area (Å²) in [6.07, 6.45) is 4.76. The summed E-state index contributed by atoms with van der Waals surface area (Å²) in [4.78, 5) is 16.5. The van der Waals surface area contributed by atoms with Crippen molar-refractivity contribution in [2.75, 3.05) is 0 Å². The molecule has 1 N–H and O–H groups in total. The van der Waals surface area contributed by atoms with Crippen molar-refractivity contribution in [3.05, 3.63) is 47.0 Å². The molecule has 2 heterocycles. The number of carbonyl (C=O) groups excluding carboxylic acids is 1. The number of carbonyl (C=O) groups is 1. The fourth-order valence-corrected chi connectivity index (χ4v) is 2.92. The van der Waals surface area contributed by atoms with E-state index in [1.54, 1.807) is 6.20 Å². The van der Waals surface area contributed by atoms with Gasteiger partial charge in [0.1, 0.15) is 0 Å². The van der Waals surface area contributed by atoms with Crippen LogP contribution in [0.25, 0.3) is 0 Å². The Kier molecular flexibility index (Phi) is 6.12. The minimum absolute atomic E-state index is 0.0432. The van der Waals surface area contributed by atoms with E-state index in [1.807, 2.05) is 43.8 Å². The number of amides is 1. The SMILES string of the molecule is Cc1nn(CC(C)C)c(C)c1CC(=O)NC(C)Cc1cccnc1. The minimum Gasteiger partial charge on any atom is -0.353 e. The minimum atomic E-state index is 0.0432. The first-order valence-electron chi connectivity index (χ1n) is 8.58. The van der Waals surface area contributed by atoms with Gasteiger partial charge < -0.3 is 5.32 Å². The number of aromatic nitrogens is 3. The van der Waals surface area contributed by atoms with E-state index >= 15 is 0 Å². The summed E-state index contributed by atoms with van der Waals surface area (Å²) >= 11 is 0. The Balaban J connectivity index is 1.96. The van der Waals surface area contributed by atoms with Crippen LogP contribution in [0.5, 0.6) is 0 Å². The van der Waals surface area contributed by atoms with Crippen molar-refractivity contribution in [1.29, 1.82) is 0 Å². The Bertz CT molecular complexity index is 676. The monoisotopic (exact) mass is 328 g/mol. The van der Waals surface area contributed by atoms with Gasteiger partial charge in [0.05, 0.1) is 12.1 Å². The van der Waals surface area contributed by atoms with Crippen molar-refractivity contribution in [2.45, 2.75) is 60.0 Å². The first-order valence-corrected chi connectivity index (χ1v) is 8.58. The van der Waals surface area contributed by atoms with Crippen LogP contribution >= 0.6 is 0 Å². The zero-order chi connectivity index (χ0) is 17.7. The summed E-state index contributed by atoms with van der Waals surface area (Å²) in [5, 5.41) is 7.66. The molecule has 2 aromatic heterocycles. The zero-order valence-corrected chi connectivity index (χ0v) is 15.3. The lowest BCUT2D eigenvalue weighted by Gasteiger charge is -2.14. The van der Waals surface area contributed by atoms with Gasteiger partial charge >= 0.3 is 0 Å². The van der Waals surface area contributed by atoms with Crippen LogP contribution in [0.3, 0.4) is 0 Å². The highest BCUT2D eigenvalue weighted by atomic mass is 16.1. The molecular weight excluding hydrogens is 300 g/mol. The number of hydrogen-bond acceptors (Lipinski definition) is 3. The molecule has 1 unspecified atom stereocenters. The van der Waals surface area contributed by atoms with Crippen molar-refractivity contribution in [3.63, 3.8) is 0 Å². The van der Waals surface area contributed by atoms with Gasteiger partial charge in [-0.25, -0.2) is 0 Å². The van der Waals surface area contributed by atoms with Crippen molar-refractivity contribution >= 4 is 5.91 Å². The largest absolute Gasteiger partial charge is 0.353 e. The maximum Gasteiger partial charge on any atom is 0.224 e. The van der Waals surface area contributed by atoms with Gasteiger partial charge in [-0.2, -0.15) is 5.10 Å². The highest BCUT2D eigenvalue weighted by Gasteiger charge is 2.16. The zero-order valence-electron chi connectivity index (χ0n) is 15.3. The van der Waals surface area contributed by atoms with Gasteiger partial charge in [0.2, 0.25) is 5.91 Å². The summed E-state index contributed by atoms with van der Waals surface area (Å²) in [5.74, 6) is 0.575. The fourth-order valence-electron chi connectivity index (χ4n) is 2.92. The number of nitrogens with one attached hydrogen (secondary N) is 1. The van der Waals surface area contributed by atoms with Crippen LogP contribution in [0.15, 0.2) is 24.5 Å². The van der Waals surface area contributed by atoms with E-state index in [2.05, 4.69) is 29.2 Å². The first kappa shape index (κ1) is 18.2. The maximum atomic E-state index is 12.4. The van der Waals surface area contributed by atoms with Crippen LogP contribution in [-0.4, -0.2) is 26.7 Å². The lowest BCUT2D eigenvalue weighted by Crippen LogP contribution is -2.35. The van der Waals surface area contributed by atoms with Gasteiger partial charge in [0.15, 0.2) is 0 Å². The standard InChI is InChI=1S/C19H28N4O/c1-13(2)12-23-16(5)18(15(4)22-23)10-19(24)21-14(3)9-17-7-6-8-20-11-17/h6-8,11,13-14H,9-10,12H2,1-5H3,(H,21,24). The molecule has 0 aliphatic rings. The molecule has 0 saturated heterocycles. The number of nitrogens with zero attached hydrogens (tertiary/aromatic N) is 3. The van der Waals surface area contributed by atoms with E-state index in [0.717, 1.165) is 35.5 Å². The highest BCUT2D eigenvalue weighted by Crippen LogP contribution is 2.15. The summed E-state index contributed by atoms with van der Waals surface area (Å²) in [5.41, 5.74) is 4.21. The molecule has 2 rings (SSSR count). The summed E-state index contributed by atoms with van der Waals surface area (Å²) < 4.78 is 2.02. The molecule has 0 aliphatic carbocycles. The van der Waals surface area contributed by atoms with Gasteiger partial charge in [0, 0.05) is 36.2 Å². The second-order valence-electron chi connectivity index (χ2n) is 6.94. The molecule has 24 heavy (non-hydrogen) atoms. The third-order valence-corrected chi connectivity index (χ3v) is 4.08. The normalized spacial score (nSPS) is 12.4.